The summed E-state index contributed by atoms with van der Waals surface area (Å²) in [4.78, 5) is 28.7. The second-order valence-electron chi connectivity index (χ2n) is 4.75. The summed E-state index contributed by atoms with van der Waals surface area (Å²) >= 11 is 1.16. The van der Waals surface area contributed by atoms with Crippen LogP contribution in [0.25, 0.3) is 10.2 Å². The van der Waals surface area contributed by atoms with Gasteiger partial charge in [-0.2, -0.15) is 0 Å². The van der Waals surface area contributed by atoms with Gasteiger partial charge in [-0.15, -0.1) is 11.3 Å². The Balaban J connectivity index is 2.70. The smallest absolute Gasteiger partial charge is 0.337 e. The minimum absolute atomic E-state index is 0.00116. The van der Waals surface area contributed by atoms with E-state index in [1.807, 2.05) is 6.92 Å². The van der Waals surface area contributed by atoms with Crippen LogP contribution < -0.4 is 5.56 Å². The van der Waals surface area contributed by atoms with E-state index in [9.17, 15) is 14.7 Å². The minimum Gasteiger partial charge on any atom is -0.478 e. The molecule has 7 heteroatoms. The van der Waals surface area contributed by atoms with Gasteiger partial charge in [0.15, 0.2) is 0 Å². The summed E-state index contributed by atoms with van der Waals surface area (Å²) in [6, 6.07) is 0. The first-order chi connectivity index (χ1) is 9.95. The molecule has 0 amide bonds. The van der Waals surface area contributed by atoms with Crippen molar-refractivity contribution < 1.29 is 14.6 Å². The molecule has 0 aromatic carbocycles. The van der Waals surface area contributed by atoms with Gasteiger partial charge in [0.25, 0.3) is 5.56 Å². The maximum absolute atomic E-state index is 12.6. The maximum atomic E-state index is 12.6. The van der Waals surface area contributed by atoms with E-state index >= 15 is 0 Å². The first-order valence-corrected chi connectivity index (χ1v) is 7.21. The lowest BCUT2D eigenvalue weighted by Crippen LogP contribution is -2.27. The molecule has 21 heavy (non-hydrogen) atoms. The highest BCUT2D eigenvalue weighted by atomic mass is 32.1. The van der Waals surface area contributed by atoms with Crippen molar-refractivity contribution in [1.82, 2.24) is 9.55 Å². The number of thiophene rings is 1. The molecule has 0 atom stereocenters. The normalized spacial score (nSPS) is 11.0. The number of hydrogen-bond acceptors (Lipinski definition) is 5. The summed E-state index contributed by atoms with van der Waals surface area (Å²) in [5, 5.41) is 10.8. The monoisotopic (exact) mass is 308 g/mol. The molecule has 0 aliphatic carbocycles. The Kier molecular flexibility index (Phi) is 4.54. The number of carboxylic acids is 1. The number of aromatic nitrogens is 2. The number of rotatable bonds is 6. The molecule has 112 valence electrons. The van der Waals surface area contributed by atoms with Crippen LogP contribution >= 0.6 is 11.3 Å². The average molecular weight is 308 g/mol. The van der Waals surface area contributed by atoms with E-state index in [0.29, 0.717) is 30.2 Å². The quantitative estimate of drug-likeness (QED) is 0.825. The van der Waals surface area contributed by atoms with E-state index in [1.165, 1.54) is 9.95 Å². The molecule has 0 fully saturated rings. The maximum Gasteiger partial charge on any atom is 0.337 e. The molecular formula is C14H16N2O4S. The zero-order valence-electron chi connectivity index (χ0n) is 11.9. The van der Waals surface area contributed by atoms with Gasteiger partial charge in [0.05, 0.1) is 17.6 Å². The summed E-state index contributed by atoms with van der Waals surface area (Å²) in [5.41, 5.74) is 0.457. The van der Waals surface area contributed by atoms with Crippen molar-refractivity contribution in [2.75, 3.05) is 13.7 Å². The highest BCUT2D eigenvalue weighted by Crippen LogP contribution is 2.22. The van der Waals surface area contributed by atoms with Gasteiger partial charge in [0.2, 0.25) is 0 Å². The summed E-state index contributed by atoms with van der Waals surface area (Å²) in [6.07, 6.45) is 0.481. The highest BCUT2D eigenvalue weighted by molar-refractivity contribution is 7.17. The highest BCUT2D eigenvalue weighted by Gasteiger charge is 2.19. The molecule has 2 rings (SSSR count). The third kappa shape index (κ3) is 3.03. The number of aromatic carboxylic acids is 1. The fourth-order valence-corrected chi connectivity index (χ4v) is 2.96. The van der Waals surface area contributed by atoms with E-state index in [1.54, 1.807) is 7.11 Å². The number of carbonyl (C=O) groups is 1. The lowest BCUT2D eigenvalue weighted by molar-refractivity contribution is 0.0699. The summed E-state index contributed by atoms with van der Waals surface area (Å²) in [6.45, 7) is 6.36. The standard InChI is InChI=1S/C14H16N2O4S/c1-8(2)6-16-10(4-5-20-3)15-12-11(13(16)17)9(7-21-12)14(18)19/h7H,1,4-6H2,2-3H3,(H,18,19). The van der Waals surface area contributed by atoms with E-state index < -0.39 is 5.97 Å². The Morgan fingerprint density at radius 2 is 2.29 bits per heavy atom. The molecule has 2 aromatic rings. The molecule has 0 saturated carbocycles. The molecule has 2 aromatic heterocycles. The Bertz CT molecular complexity index is 760. The topological polar surface area (TPSA) is 81.4 Å². The van der Waals surface area contributed by atoms with Gasteiger partial charge in [-0.05, 0) is 6.92 Å². The molecule has 0 radical (unpaired) electrons. The van der Waals surface area contributed by atoms with Crippen molar-refractivity contribution >= 4 is 27.5 Å². The molecule has 0 unspecified atom stereocenters. The number of fused-ring (bicyclic) bond motifs is 1. The van der Waals surface area contributed by atoms with Crippen LogP contribution in [-0.4, -0.2) is 34.3 Å². The van der Waals surface area contributed by atoms with Gasteiger partial charge in [-0.25, -0.2) is 9.78 Å². The third-order valence-corrected chi connectivity index (χ3v) is 3.83. The Morgan fingerprint density at radius 1 is 1.57 bits per heavy atom. The van der Waals surface area contributed by atoms with E-state index in [0.717, 1.165) is 16.9 Å². The van der Waals surface area contributed by atoms with Crippen LogP contribution in [0.1, 0.15) is 23.1 Å². The lowest BCUT2D eigenvalue weighted by atomic mass is 10.2. The number of nitrogens with zero attached hydrogens (tertiary/aromatic N) is 2. The molecular weight excluding hydrogens is 292 g/mol. The third-order valence-electron chi connectivity index (χ3n) is 2.96. The molecule has 0 spiro atoms. The zero-order chi connectivity index (χ0) is 15.6. The predicted molar refractivity (Wildman–Crippen MR) is 81.2 cm³/mol. The van der Waals surface area contributed by atoms with Crippen molar-refractivity contribution in [2.45, 2.75) is 19.9 Å². The van der Waals surface area contributed by atoms with Gasteiger partial charge in [0, 0.05) is 25.5 Å². The van der Waals surface area contributed by atoms with Gasteiger partial charge < -0.3 is 9.84 Å². The molecule has 0 aliphatic heterocycles. The second kappa shape index (κ2) is 6.19. The number of carboxylic acid groups (broad SMARTS) is 1. The zero-order valence-corrected chi connectivity index (χ0v) is 12.7. The van der Waals surface area contributed by atoms with Gasteiger partial charge in [-0.3, -0.25) is 9.36 Å². The second-order valence-corrected chi connectivity index (χ2v) is 5.61. The van der Waals surface area contributed by atoms with Crippen LogP contribution in [0.5, 0.6) is 0 Å². The molecule has 2 heterocycles. The van der Waals surface area contributed by atoms with Crippen LogP contribution in [0.2, 0.25) is 0 Å². The van der Waals surface area contributed by atoms with Crippen LogP contribution in [0.3, 0.4) is 0 Å². The summed E-state index contributed by atoms with van der Waals surface area (Å²) in [5.74, 6) is -0.539. The van der Waals surface area contributed by atoms with Crippen molar-refractivity contribution in [2.24, 2.45) is 0 Å². The Hall–Kier alpha value is -1.99. The van der Waals surface area contributed by atoms with Crippen LogP contribution in [0, 0.1) is 0 Å². The van der Waals surface area contributed by atoms with Crippen LogP contribution in [-0.2, 0) is 17.7 Å². The first kappa shape index (κ1) is 15.4. The summed E-state index contributed by atoms with van der Waals surface area (Å²) < 4.78 is 6.51. The van der Waals surface area contributed by atoms with E-state index in [2.05, 4.69) is 11.6 Å². The van der Waals surface area contributed by atoms with Crippen LogP contribution in [0.15, 0.2) is 22.3 Å². The van der Waals surface area contributed by atoms with Gasteiger partial charge >= 0.3 is 5.97 Å². The van der Waals surface area contributed by atoms with Crippen molar-refractivity contribution in [1.29, 1.82) is 0 Å². The van der Waals surface area contributed by atoms with Gasteiger partial charge in [-0.1, -0.05) is 12.2 Å². The number of methoxy groups -OCH3 is 1. The lowest BCUT2D eigenvalue weighted by Gasteiger charge is -2.12. The number of ether oxygens (including phenoxy) is 1. The molecule has 0 bridgehead atoms. The van der Waals surface area contributed by atoms with Crippen molar-refractivity contribution in [3.8, 4) is 0 Å². The molecule has 1 N–H and O–H groups in total. The molecule has 6 nitrogen and oxygen atoms in total. The number of hydrogen-bond donors (Lipinski definition) is 1. The number of allylic oxidation sites excluding steroid dienone is 1. The van der Waals surface area contributed by atoms with E-state index in [4.69, 9.17) is 4.74 Å². The first-order valence-electron chi connectivity index (χ1n) is 6.33. The SMILES string of the molecule is C=C(C)Cn1c(CCOC)nc2scc(C(=O)O)c2c1=O. The minimum atomic E-state index is -1.12. The van der Waals surface area contributed by atoms with Crippen LogP contribution in [0.4, 0.5) is 0 Å². The van der Waals surface area contributed by atoms with Crippen molar-refractivity contribution in [3.05, 3.63) is 39.3 Å². The molecule has 0 saturated heterocycles. The Labute approximate surface area is 125 Å². The fraction of sp³-hybridized carbons (Fsp3) is 0.357. The fourth-order valence-electron chi connectivity index (χ4n) is 2.04. The average Bonchev–Trinajstić information content (AvgIpc) is 2.83. The summed E-state index contributed by atoms with van der Waals surface area (Å²) in [7, 11) is 1.58. The van der Waals surface area contributed by atoms with Crippen molar-refractivity contribution in [3.63, 3.8) is 0 Å². The van der Waals surface area contributed by atoms with Gasteiger partial charge in [0.1, 0.15) is 10.7 Å². The van der Waals surface area contributed by atoms with E-state index in [-0.39, 0.29) is 16.5 Å². The predicted octanol–water partition coefficient (Wildman–Crippen LogP) is 1.92. The largest absolute Gasteiger partial charge is 0.478 e. The molecule has 0 aliphatic rings. The Morgan fingerprint density at radius 3 is 2.86 bits per heavy atom.